The van der Waals surface area contributed by atoms with Crippen LogP contribution >= 0.6 is 0 Å². The van der Waals surface area contributed by atoms with E-state index in [1.165, 1.54) is 0 Å². The second kappa shape index (κ2) is 6.72. The largest absolute Gasteiger partial charge is 0.750 e. The molecule has 0 aromatic carbocycles. The lowest BCUT2D eigenvalue weighted by Gasteiger charge is -2.12. The lowest BCUT2D eigenvalue weighted by molar-refractivity contribution is 0.205. The average Bonchev–Trinajstić information content (AvgIpc) is 1.86. The molecular weight excluding hydrogens is 166 g/mol. The van der Waals surface area contributed by atoms with Crippen molar-refractivity contribution < 1.29 is 12.9 Å². The highest BCUT2D eigenvalue weighted by Crippen LogP contribution is 2.04. The van der Waals surface area contributed by atoms with Crippen LogP contribution < -0.4 is 5.73 Å². The predicted octanol–water partition coefficient (Wildman–Crippen LogP) is 0.315. The second-order valence-electron chi connectivity index (χ2n) is 2.40. The van der Waals surface area contributed by atoms with Crippen LogP contribution in [0, 0.1) is 0 Å². The van der Waals surface area contributed by atoms with E-state index >= 15 is 0 Å². The second-order valence-corrected chi connectivity index (χ2v) is 3.00. The van der Waals surface area contributed by atoms with Crippen molar-refractivity contribution in [2.45, 2.75) is 32.3 Å². The third-order valence-electron chi connectivity index (χ3n) is 1.31. The Morgan fingerprint density at radius 2 is 2.27 bits per heavy atom. The predicted molar refractivity (Wildman–Crippen MR) is 42.4 cm³/mol. The minimum Gasteiger partial charge on any atom is -0.750 e. The van der Waals surface area contributed by atoms with Gasteiger partial charge >= 0.3 is 0 Å². The van der Waals surface area contributed by atoms with E-state index in [-0.39, 0.29) is 6.10 Å². The summed E-state index contributed by atoms with van der Waals surface area (Å²) in [6.07, 6.45) is 2.35. The van der Waals surface area contributed by atoms with Crippen molar-refractivity contribution in [3.05, 3.63) is 0 Å². The van der Waals surface area contributed by atoms with E-state index in [4.69, 9.17) is 5.73 Å². The summed E-state index contributed by atoms with van der Waals surface area (Å²) in [5.41, 5.74) is 5.25. The van der Waals surface area contributed by atoms with Crippen LogP contribution in [0.15, 0.2) is 0 Å². The Labute approximate surface area is 69.6 Å². The highest BCUT2D eigenvalue weighted by atomic mass is 32.2. The van der Waals surface area contributed by atoms with Crippen LogP contribution in [0.2, 0.25) is 0 Å². The minimum absolute atomic E-state index is 0.222. The Balaban J connectivity index is 3.22. The summed E-state index contributed by atoms with van der Waals surface area (Å²) in [4.78, 5) is 0. The summed E-state index contributed by atoms with van der Waals surface area (Å²) in [5.74, 6) is 0. The van der Waals surface area contributed by atoms with Gasteiger partial charge in [-0.15, -0.1) is 0 Å². The molecule has 0 rings (SSSR count). The van der Waals surface area contributed by atoms with Crippen molar-refractivity contribution >= 4 is 11.4 Å². The molecule has 2 N–H and O–H groups in total. The van der Waals surface area contributed by atoms with Crippen molar-refractivity contribution in [2.75, 3.05) is 6.54 Å². The first kappa shape index (κ1) is 11.0. The first-order valence-corrected chi connectivity index (χ1v) is 4.63. The van der Waals surface area contributed by atoms with Crippen molar-refractivity contribution in [3.8, 4) is 0 Å². The highest BCUT2D eigenvalue weighted by molar-refractivity contribution is 7.74. The molecule has 0 spiro atoms. The van der Waals surface area contributed by atoms with Gasteiger partial charge in [0.1, 0.15) is 0 Å². The van der Waals surface area contributed by atoms with Gasteiger partial charge in [0.25, 0.3) is 0 Å². The van der Waals surface area contributed by atoms with E-state index in [1.807, 2.05) is 0 Å². The van der Waals surface area contributed by atoms with E-state index in [1.54, 1.807) is 6.92 Å². The zero-order chi connectivity index (χ0) is 8.69. The quantitative estimate of drug-likeness (QED) is 0.471. The molecule has 0 fully saturated rings. The van der Waals surface area contributed by atoms with Gasteiger partial charge in [-0.2, -0.15) is 0 Å². The first-order chi connectivity index (χ1) is 5.16. The number of nitrogens with two attached hydrogens (primary N) is 1. The van der Waals surface area contributed by atoms with E-state index in [9.17, 15) is 8.76 Å². The molecule has 5 heteroatoms. The summed E-state index contributed by atoms with van der Waals surface area (Å²) in [5, 5.41) is 0. The molecule has 4 nitrogen and oxygen atoms in total. The van der Waals surface area contributed by atoms with Gasteiger partial charge in [-0.3, -0.25) is 4.18 Å². The summed E-state index contributed by atoms with van der Waals surface area (Å²) in [6.45, 7) is 2.37. The Hall–Kier alpha value is 0.0300. The molecule has 0 amide bonds. The molecule has 11 heavy (non-hydrogen) atoms. The van der Waals surface area contributed by atoms with Crippen molar-refractivity contribution in [3.63, 3.8) is 0 Å². The fourth-order valence-corrected chi connectivity index (χ4v) is 1.12. The smallest absolute Gasteiger partial charge is 0.0844 e. The standard InChI is InChI=1S/C6H15NO3S/c1-6(10-11(8)9)4-2-3-5-7/h6H,2-5,7H2,1H3,(H,8,9)/p-1. The molecule has 2 unspecified atom stereocenters. The maximum atomic E-state index is 10.00. The maximum Gasteiger partial charge on any atom is 0.0844 e. The van der Waals surface area contributed by atoms with Crippen LogP contribution in [-0.4, -0.2) is 21.4 Å². The molecule has 0 aromatic rings. The zero-order valence-corrected chi connectivity index (χ0v) is 7.43. The monoisotopic (exact) mass is 180 g/mol. The normalized spacial score (nSPS) is 16.3. The van der Waals surface area contributed by atoms with Gasteiger partial charge in [-0.05, 0) is 32.7 Å². The van der Waals surface area contributed by atoms with Crippen LogP contribution in [-0.2, 0) is 15.5 Å². The SMILES string of the molecule is CC(CCCCN)OS(=O)[O-]. The molecule has 0 aromatic heterocycles. The molecular formula is C6H14NO3S-. The lowest BCUT2D eigenvalue weighted by atomic mass is 10.2. The number of hydrogen-bond acceptors (Lipinski definition) is 4. The molecule has 0 heterocycles. The highest BCUT2D eigenvalue weighted by Gasteiger charge is 2.00. The molecule has 0 bridgehead atoms. The van der Waals surface area contributed by atoms with Crippen LogP contribution in [0.4, 0.5) is 0 Å². The molecule has 0 radical (unpaired) electrons. The van der Waals surface area contributed by atoms with Gasteiger partial charge in [-0.25, -0.2) is 4.21 Å². The Morgan fingerprint density at radius 1 is 1.64 bits per heavy atom. The number of unbranched alkanes of at least 4 members (excludes halogenated alkanes) is 1. The van der Waals surface area contributed by atoms with Crippen molar-refractivity contribution in [1.82, 2.24) is 0 Å². The summed E-state index contributed by atoms with van der Waals surface area (Å²) in [6, 6.07) is 0. The van der Waals surface area contributed by atoms with E-state index < -0.39 is 11.4 Å². The Bertz CT molecular complexity index is 120. The Kier molecular flexibility index (Phi) is 6.74. The van der Waals surface area contributed by atoms with E-state index in [2.05, 4.69) is 4.18 Å². The van der Waals surface area contributed by atoms with E-state index in [0.29, 0.717) is 6.54 Å². The molecule has 0 saturated carbocycles. The van der Waals surface area contributed by atoms with Gasteiger partial charge < -0.3 is 10.3 Å². The fourth-order valence-electron chi connectivity index (χ4n) is 0.758. The fraction of sp³-hybridized carbons (Fsp3) is 1.00. The van der Waals surface area contributed by atoms with Crippen molar-refractivity contribution in [1.29, 1.82) is 0 Å². The van der Waals surface area contributed by atoms with Gasteiger partial charge in [0.15, 0.2) is 0 Å². The molecule has 0 aliphatic rings. The van der Waals surface area contributed by atoms with E-state index in [0.717, 1.165) is 19.3 Å². The van der Waals surface area contributed by atoms with Gasteiger partial charge in [0, 0.05) is 0 Å². The number of hydrogen-bond donors (Lipinski definition) is 1. The third kappa shape index (κ3) is 7.93. The summed E-state index contributed by atoms with van der Waals surface area (Å²) < 4.78 is 24.5. The van der Waals surface area contributed by atoms with Crippen LogP contribution in [0.1, 0.15) is 26.2 Å². The van der Waals surface area contributed by atoms with Crippen molar-refractivity contribution in [2.24, 2.45) is 5.73 Å². The average molecular weight is 180 g/mol. The zero-order valence-electron chi connectivity index (χ0n) is 6.62. The maximum absolute atomic E-state index is 10.00. The van der Waals surface area contributed by atoms with Crippen LogP contribution in [0.3, 0.4) is 0 Å². The summed E-state index contributed by atoms with van der Waals surface area (Å²) >= 11 is -2.38. The third-order valence-corrected chi connectivity index (χ3v) is 1.79. The van der Waals surface area contributed by atoms with Gasteiger partial charge in [0.2, 0.25) is 0 Å². The van der Waals surface area contributed by atoms with Crippen LogP contribution in [0.5, 0.6) is 0 Å². The molecule has 68 valence electrons. The first-order valence-electron chi connectivity index (χ1n) is 3.63. The van der Waals surface area contributed by atoms with Gasteiger partial charge in [0.05, 0.1) is 17.5 Å². The summed E-state index contributed by atoms with van der Waals surface area (Å²) in [7, 11) is 0. The lowest BCUT2D eigenvalue weighted by Crippen LogP contribution is -2.10. The molecule has 0 aliphatic carbocycles. The van der Waals surface area contributed by atoms with Gasteiger partial charge in [-0.1, -0.05) is 0 Å². The minimum atomic E-state index is -2.38. The molecule has 0 saturated heterocycles. The molecule has 0 aliphatic heterocycles. The molecule has 2 atom stereocenters. The Morgan fingerprint density at radius 3 is 2.73 bits per heavy atom. The van der Waals surface area contributed by atoms with Crippen LogP contribution in [0.25, 0.3) is 0 Å². The topological polar surface area (TPSA) is 75.4 Å². The number of rotatable bonds is 6.